The second kappa shape index (κ2) is 9.49. The fraction of sp³-hybridized carbons (Fsp3) is 0.560. The summed E-state index contributed by atoms with van der Waals surface area (Å²) >= 11 is 0. The van der Waals surface area contributed by atoms with Crippen LogP contribution in [0.5, 0.6) is 0 Å². The summed E-state index contributed by atoms with van der Waals surface area (Å²) in [7, 11) is 1.41. The van der Waals surface area contributed by atoms with Crippen molar-refractivity contribution in [3.8, 4) is 0 Å². The second-order valence-corrected chi connectivity index (χ2v) is 9.04. The monoisotopic (exact) mass is 435 g/mol. The predicted octanol–water partition coefficient (Wildman–Crippen LogP) is 6.82. The fourth-order valence-corrected chi connectivity index (χ4v) is 4.80. The summed E-state index contributed by atoms with van der Waals surface area (Å²) in [5, 5.41) is 0. The van der Waals surface area contributed by atoms with Crippen LogP contribution in [-0.4, -0.2) is 17.6 Å². The molecule has 0 saturated carbocycles. The van der Waals surface area contributed by atoms with Gasteiger partial charge < -0.3 is 9.30 Å². The Morgan fingerprint density at radius 2 is 1.87 bits per heavy atom. The number of carbonyl (C=O) groups is 1. The number of halogens is 3. The van der Waals surface area contributed by atoms with Crippen molar-refractivity contribution in [1.29, 1.82) is 0 Å². The van der Waals surface area contributed by atoms with E-state index in [1.165, 1.54) is 24.8 Å². The molecule has 0 radical (unpaired) electrons. The molecule has 3 rings (SSSR count). The van der Waals surface area contributed by atoms with Gasteiger partial charge in [0.15, 0.2) is 0 Å². The first kappa shape index (κ1) is 23.4. The number of carbonyl (C=O) groups excluding carboxylic acids is 1. The molecule has 0 amide bonds. The molecule has 2 aromatic rings. The normalized spacial score (nSPS) is 17.5. The van der Waals surface area contributed by atoms with Gasteiger partial charge in [-0.2, -0.15) is 13.2 Å². The first-order valence-corrected chi connectivity index (χ1v) is 11.1. The molecule has 0 spiro atoms. The van der Waals surface area contributed by atoms with E-state index in [1.54, 1.807) is 12.1 Å². The van der Waals surface area contributed by atoms with Crippen molar-refractivity contribution in [3.05, 3.63) is 58.4 Å². The Labute approximate surface area is 182 Å². The molecule has 31 heavy (non-hydrogen) atoms. The minimum Gasteiger partial charge on any atom is -0.469 e. The fourth-order valence-electron chi connectivity index (χ4n) is 4.80. The Kier molecular flexibility index (Phi) is 7.17. The van der Waals surface area contributed by atoms with Crippen LogP contribution in [0.15, 0.2) is 30.3 Å². The van der Waals surface area contributed by atoms with Gasteiger partial charge in [0.1, 0.15) is 0 Å². The number of fused-ring (bicyclic) bond motifs is 1. The molecule has 1 aliphatic carbocycles. The summed E-state index contributed by atoms with van der Waals surface area (Å²) in [6.07, 6.45) is 0.669. The van der Waals surface area contributed by atoms with E-state index in [4.69, 9.17) is 4.74 Å². The van der Waals surface area contributed by atoms with Crippen molar-refractivity contribution in [2.75, 3.05) is 7.11 Å². The Hall–Kier alpha value is -2.24. The third kappa shape index (κ3) is 5.34. The second-order valence-electron chi connectivity index (χ2n) is 9.04. The standard InChI is InChI=1S/C25H32F3NO2/c1-16(2)8-13-22(18-9-11-21(12-10-18)25(26,27)28)29-17(3)14-19-6-5-7-20(24(19)29)15-23(30)31-4/h9-12,14,16,20,22H,5-8,13,15H2,1-4H3/t20-,22+/m0/s1. The highest BCUT2D eigenvalue weighted by atomic mass is 19.4. The molecule has 0 bridgehead atoms. The zero-order valence-corrected chi connectivity index (χ0v) is 18.8. The van der Waals surface area contributed by atoms with Crippen LogP contribution in [-0.2, 0) is 22.1 Å². The van der Waals surface area contributed by atoms with E-state index in [0.29, 0.717) is 12.3 Å². The van der Waals surface area contributed by atoms with Gasteiger partial charge >= 0.3 is 12.1 Å². The number of aromatic nitrogens is 1. The molecule has 1 heterocycles. The van der Waals surface area contributed by atoms with Gasteiger partial charge in [-0.1, -0.05) is 26.0 Å². The molecule has 0 aliphatic heterocycles. The van der Waals surface area contributed by atoms with E-state index in [-0.39, 0.29) is 17.9 Å². The van der Waals surface area contributed by atoms with Crippen molar-refractivity contribution < 1.29 is 22.7 Å². The first-order valence-electron chi connectivity index (χ1n) is 11.1. The Balaban J connectivity index is 2.06. The van der Waals surface area contributed by atoms with E-state index < -0.39 is 11.7 Å². The van der Waals surface area contributed by atoms with Gasteiger partial charge in [0, 0.05) is 17.3 Å². The van der Waals surface area contributed by atoms with E-state index >= 15 is 0 Å². The molecule has 3 nitrogen and oxygen atoms in total. The number of aryl methyl sites for hydroxylation is 2. The van der Waals surface area contributed by atoms with E-state index in [9.17, 15) is 18.0 Å². The van der Waals surface area contributed by atoms with Gasteiger partial charge in [-0.25, -0.2) is 0 Å². The summed E-state index contributed by atoms with van der Waals surface area (Å²) in [6, 6.07) is 7.69. The maximum absolute atomic E-state index is 13.1. The van der Waals surface area contributed by atoms with Crippen molar-refractivity contribution in [2.24, 2.45) is 5.92 Å². The maximum atomic E-state index is 13.1. The molecule has 1 aliphatic rings. The molecular weight excluding hydrogens is 403 g/mol. The van der Waals surface area contributed by atoms with Gasteiger partial charge in [-0.15, -0.1) is 0 Å². The molecule has 170 valence electrons. The minimum absolute atomic E-state index is 0.0633. The molecule has 1 aromatic carbocycles. The lowest BCUT2D eigenvalue weighted by Crippen LogP contribution is -2.22. The van der Waals surface area contributed by atoms with Gasteiger partial charge in [0.25, 0.3) is 0 Å². The lowest BCUT2D eigenvalue weighted by atomic mass is 9.85. The maximum Gasteiger partial charge on any atom is 0.416 e. The molecule has 1 aromatic heterocycles. The quantitative estimate of drug-likeness (QED) is 0.447. The van der Waals surface area contributed by atoms with E-state index in [2.05, 4.69) is 31.4 Å². The number of hydrogen-bond donors (Lipinski definition) is 0. The third-order valence-corrected chi connectivity index (χ3v) is 6.33. The predicted molar refractivity (Wildman–Crippen MR) is 115 cm³/mol. The van der Waals surface area contributed by atoms with E-state index in [1.807, 2.05) is 0 Å². The topological polar surface area (TPSA) is 31.2 Å². The number of methoxy groups -OCH3 is 1. The number of alkyl halides is 3. The van der Waals surface area contributed by atoms with Crippen molar-refractivity contribution in [3.63, 3.8) is 0 Å². The molecular formula is C25H32F3NO2. The molecule has 0 fully saturated rings. The van der Waals surface area contributed by atoms with Gasteiger partial charge in [0.2, 0.25) is 0 Å². The summed E-state index contributed by atoms with van der Waals surface area (Å²) < 4.78 is 46.5. The highest BCUT2D eigenvalue weighted by Gasteiger charge is 2.32. The highest BCUT2D eigenvalue weighted by Crippen LogP contribution is 2.41. The lowest BCUT2D eigenvalue weighted by Gasteiger charge is -2.31. The van der Waals surface area contributed by atoms with Crippen LogP contribution >= 0.6 is 0 Å². The zero-order chi connectivity index (χ0) is 22.8. The van der Waals surface area contributed by atoms with Crippen LogP contribution in [0.4, 0.5) is 13.2 Å². The minimum atomic E-state index is -4.35. The number of hydrogen-bond acceptors (Lipinski definition) is 2. The largest absolute Gasteiger partial charge is 0.469 e. The van der Waals surface area contributed by atoms with Crippen LogP contribution in [0, 0.1) is 12.8 Å². The van der Waals surface area contributed by atoms with Crippen LogP contribution in [0.1, 0.15) is 86.0 Å². The summed E-state index contributed by atoms with van der Waals surface area (Å²) in [5.41, 5.74) is 3.74. The molecule has 0 saturated heterocycles. The number of nitrogens with zero attached hydrogens (tertiary/aromatic N) is 1. The summed E-state index contributed by atoms with van der Waals surface area (Å²) in [6.45, 7) is 6.36. The van der Waals surface area contributed by atoms with Gasteiger partial charge in [-0.05, 0) is 74.3 Å². The Morgan fingerprint density at radius 1 is 1.19 bits per heavy atom. The summed E-state index contributed by atoms with van der Waals surface area (Å²) in [4.78, 5) is 12.1. The van der Waals surface area contributed by atoms with Crippen molar-refractivity contribution in [1.82, 2.24) is 4.57 Å². The first-order chi connectivity index (χ1) is 14.6. The lowest BCUT2D eigenvalue weighted by molar-refractivity contribution is -0.141. The SMILES string of the molecule is COC(=O)C[C@@H]1CCCc2cc(C)n([C@H](CCC(C)C)c3ccc(C(F)(F)F)cc3)c21. The summed E-state index contributed by atoms with van der Waals surface area (Å²) in [5.74, 6) is 0.326. The van der Waals surface area contributed by atoms with Crippen LogP contribution in [0.2, 0.25) is 0 Å². The van der Waals surface area contributed by atoms with Gasteiger partial charge in [0.05, 0.1) is 25.1 Å². The smallest absolute Gasteiger partial charge is 0.416 e. The van der Waals surface area contributed by atoms with Crippen LogP contribution in [0.25, 0.3) is 0 Å². The molecule has 6 heteroatoms. The van der Waals surface area contributed by atoms with E-state index in [0.717, 1.165) is 49.1 Å². The Bertz CT molecular complexity index is 897. The highest BCUT2D eigenvalue weighted by molar-refractivity contribution is 5.70. The third-order valence-electron chi connectivity index (χ3n) is 6.33. The van der Waals surface area contributed by atoms with Crippen LogP contribution < -0.4 is 0 Å². The molecule has 0 unspecified atom stereocenters. The number of ether oxygens (including phenoxy) is 1. The number of rotatable bonds is 7. The molecule has 0 N–H and O–H groups in total. The molecule has 2 atom stereocenters. The van der Waals surface area contributed by atoms with Gasteiger partial charge in [-0.3, -0.25) is 4.79 Å². The average Bonchev–Trinajstić information content (AvgIpc) is 3.04. The number of esters is 1. The Morgan fingerprint density at radius 3 is 2.45 bits per heavy atom. The van der Waals surface area contributed by atoms with Crippen LogP contribution in [0.3, 0.4) is 0 Å². The number of benzene rings is 1. The van der Waals surface area contributed by atoms with Crippen molar-refractivity contribution >= 4 is 5.97 Å². The van der Waals surface area contributed by atoms with Crippen molar-refractivity contribution in [2.45, 2.75) is 77.4 Å². The zero-order valence-electron chi connectivity index (χ0n) is 18.8. The average molecular weight is 436 g/mol.